The van der Waals surface area contributed by atoms with Crippen molar-refractivity contribution in [1.82, 2.24) is 0 Å². The van der Waals surface area contributed by atoms with Crippen LogP contribution in [-0.2, 0) is 5.41 Å². The summed E-state index contributed by atoms with van der Waals surface area (Å²) in [7, 11) is 0. The van der Waals surface area contributed by atoms with Gasteiger partial charge in [-0.1, -0.05) is 20.8 Å². The molecular weight excluding hydrogens is 164 g/mol. The van der Waals surface area contributed by atoms with Crippen molar-refractivity contribution in [2.24, 2.45) is 0 Å². The highest BCUT2D eigenvalue weighted by molar-refractivity contribution is 5.51. The van der Waals surface area contributed by atoms with Gasteiger partial charge in [-0.3, -0.25) is 4.79 Å². The molecule has 0 unspecified atom stereocenters. The van der Waals surface area contributed by atoms with Gasteiger partial charge in [0.1, 0.15) is 5.60 Å². The maximum Gasteiger partial charge on any atom is 0.228 e. The lowest BCUT2D eigenvalue weighted by atomic mass is 9.94. The molecule has 13 heavy (non-hydrogen) atoms. The predicted molar refractivity (Wildman–Crippen MR) is 54.2 cm³/mol. The Balaban J connectivity index is 2.79. The van der Waals surface area contributed by atoms with E-state index in [9.17, 15) is 4.79 Å². The molecule has 0 radical (unpaired) electrons. The molecule has 0 spiro atoms. The molecule has 1 aromatic rings. The largest absolute Gasteiger partial charge is 0.484 e. The Labute approximate surface area is 79.6 Å². The van der Waals surface area contributed by atoms with E-state index in [4.69, 9.17) is 4.74 Å². The summed E-state index contributed by atoms with van der Waals surface area (Å²) < 4.78 is 5.53. The van der Waals surface area contributed by atoms with Crippen LogP contribution in [0.1, 0.15) is 47.1 Å². The molecule has 0 aliphatic rings. The zero-order valence-corrected chi connectivity index (χ0v) is 9.32. The summed E-state index contributed by atoms with van der Waals surface area (Å²) in [6.07, 6.45) is 0. The summed E-state index contributed by atoms with van der Waals surface area (Å²) in [5.74, 6) is 0.583. The number of hydrogen-bond acceptors (Lipinski definition) is 2. The van der Waals surface area contributed by atoms with Crippen LogP contribution in [-0.4, -0.2) is 5.60 Å². The average molecular weight is 182 g/mol. The molecule has 0 saturated heterocycles. The fourth-order valence-corrected chi connectivity index (χ4v) is 1.24. The topological polar surface area (TPSA) is 26.3 Å². The number of rotatable bonds is 1. The molecule has 0 N–H and O–H groups in total. The summed E-state index contributed by atoms with van der Waals surface area (Å²) in [4.78, 5) is 11.3. The molecule has 0 heterocycles. The molecular formula is C11H18O2. The highest BCUT2D eigenvalue weighted by atomic mass is 16.5. The van der Waals surface area contributed by atoms with E-state index in [2.05, 4.69) is 0 Å². The SMILES string of the molecule is CC(C)(C)Oc1c(C(C)(C)C)c1=O. The van der Waals surface area contributed by atoms with Gasteiger partial charge in [0.2, 0.25) is 5.43 Å². The minimum Gasteiger partial charge on any atom is -0.484 e. The van der Waals surface area contributed by atoms with E-state index in [0.29, 0.717) is 5.75 Å². The Morgan fingerprint density at radius 3 is 1.69 bits per heavy atom. The minimum absolute atomic E-state index is 0.0718. The van der Waals surface area contributed by atoms with E-state index in [-0.39, 0.29) is 16.4 Å². The van der Waals surface area contributed by atoms with Gasteiger partial charge in [-0.2, -0.15) is 0 Å². The van der Waals surface area contributed by atoms with E-state index in [0.717, 1.165) is 5.56 Å². The highest BCUT2D eigenvalue weighted by Gasteiger charge is 2.36. The lowest BCUT2D eigenvalue weighted by Crippen LogP contribution is -2.22. The fraction of sp³-hybridized carbons (Fsp3) is 0.727. The van der Waals surface area contributed by atoms with Crippen molar-refractivity contribution in [1.29, 1.82) is 0 Å². The maximum absolute atomic E-state index is 11.3. The summed E-state index contributed by atoms with van der Waals surface area (Å²) in [6, 6.07) is 0. The van der Waals surface area contributed by atoms with E-state index >= 15 is 0 Å². The van der Waals surface area contributed by atoms with E-state index in [1.165, 1.54) is 0 Å². The third kappa shape index (κ3) is 2.33. The van der Waals surface area contributed by atoms with Gasteiger partial charge in [0.15, 0.2) is 5.75 Å². The van der Waals surface area contributed by atoms with Crippen molar-refractivity contribution in [2.75, 3.05) is 0 Å². The summed E-state index contributed by atoms with van der Waals surface area (Å²) in [5, 5.41) is 0. The first-order valence-corrected chi connectivity index (χ1v) is 4.61. The first-order valence-electron chi connectivity index (χ1n) is 4.61. The van der Waals surface area contributed by atoms with Crippen molar-refractivity contribution in [2.45, 2.75) is 52.6 Å². The van der Waals surface area contributed by atoms with Gasteiger partial charge in [-0.15, -0.1) is 0 Å². The van der Waals surface area contributed by atoms with Crippen molar-refractivity contribution in [3.63, 3.8) is 0 Å². The molecule has 0 fully saturated rings. The van der Waals surface area contributed by atoms with Crippen LogP contribution in [0.5, 0.6) is 5.75 Å². The van der Waals surface area contributed by atoms with Gasteiger partial charge >= 0.3 is 0 Å². The smallest absolute Gasteiger partial charge is 0.228 e. The second-order valence-corrected chi connectivity index (χ2v) is 5.50. The number of hydrogen-bond donors (Lipinski definition) is 0. The lowest BCUT2D eigenvalue weighted by Gasteiger charge is -2.19. The van der Waals surface area contributed by atoms with Crippen LogP contribution < -0.4 is 10.2 Å². The first-order chi connectivity index (χ1) is 5.63. The molecule has 0 saturated carbocycles. The standard InChI is InChI=1S/C11H18O2/c1-10(2,3)7-8(12)9(7)13-11(4,5)6/h1-6H3. The van der Waals surface area contributed by atoms with Gasteiger partial charge in [0, 0.05) is 0 Å². The molecule has 1 aromatic carbocycles. The van der Waals surface area contributed by atoms with Crippen LogP contribution in [0, 0.1) is 0 Å². The molecule has 74 valence electrons. The average Bonchev–Trinajstić information content (AvgIpc) is 2.34. The normalized spacial score (nSPS) is 13.7. The lowest BCUT2D eigenvalue weighted by molar-refractivity contribution is 0.134. The Bertz CT molecular complexity index is 314. The van der Waals surface area contributed by atoms with Crippen molar-refractivity contribution in [3.05, 3.63) is 15.8 Å². The van der Waals surface area contributed by atoms with E-state index < -0.39 is 0 Å². The second kappa shape index (κ2) is 2.60. The molecule has 0 aromatic heterocycles. The summed E-state index contributed by atoms with van der Waals surface area (Å²) in [6.45, 7) is 11.9. The molecule has 2 heteroatoms. The molecule has 0 aliphatic carbocycles. The summed E-state index contributed by atoms with van der Waals surface area (Å²) >= 11 is 0. The van der Waals surface area contributed by atoms with E-state index in [1.54, 1.807) is 0 Å². The van der Waals surface area contributed by atoms with Crippen LogP contribution in [0.4, 0.5) is 0 Å². The number of ether oxygens (including phenoxy) is 1. The van der Waals surface area contributed by atoms with Crippen LogP contribution in [0.3, 0.4) is 0 Å². The van der Waals surface area contributed by atoms with E-state index in [1.807, 2.05) is 41.5 Å². The molecule has 0 aliphatic heterocycles. The van der Waals surface area contributed by atoms with Gasteiger partial charge < -0.3 is 4.74 Å². The van der Waals surface area contributed by atoms with Crippen LogP contribution >= 0.6 is 0 Å². The fourth-order valence-electron chi connectivity index (χ4n) is 1.24. The summed E-state index contributed by atoms with van der Waals surface area (Å²) in [5.41, 5.74) is 0.611. The van der Waals surface area contributed by atoms with Crippen LogP contribution in [0.2, 0.25) is 0 Å². The van der Waals surface area contributed by atoms with Crippen molar-refractivity contribution < 1.29 is 4.74 Å². The maximum atomic E-state index is 11.3. The van der Waals surface area contributed by atoms with Crippen LogP contribution in [0.25, 0.3) is 0 Å². The second-order valence-electron chi connectivity index (χ2n) is 5.50. The molecule has 2 nitrogen and oxygen atoms in total. The van der Waals surface area contributed by atoms with Gasteiger partial charge in [-0.05, 0) is 26.2 Å². The zero-order chi connectivity index (χ0) is 10.4. The first kappa shape index (κ1) is 10.3. The highest BCUT2D eigenvalue weighted by Crippen LogP contribution is 2.35. The third-order valence-electron chi connectivity index (χ3n) is 1.76. The Hall–Kier alpha value is -0.790. The van der Waals surface area contributed by atoms with Crippen LogP contribution in [0.15, 0.2) is 4.79 Å². The van der Waals surface area contributed by atoms with Crippen molar-refractivity contribution in [3.8, 4) is 5.75 Å². The van der Waals surface area contributed by atoms with Gasteiger partial charge in [0.25, 0.3) is 0 Å². The monoisotopic (exact) mass is 182 g/mol. The molecule has 0 bridgehead atoms. The minimum atomic E-state index is -0.266. The molecule has 1 rings (SSSR count). The third-order valence-corrected chi connectivity index (χ3v) is 1.76. The predicted octanol–water partition coefficient (Wildman–Crippen LogP) is 2.40. The Kier molecular flexibility index (Phi) is 2.06. The quantitative estimate of drug-likeness (QED) is 0.666. The van der Waals surface area contributed by atoms with Gasteiger partial charge in [-0.25, -0.2) is 0 Å². The Morgan fingerprint density at radius 2 is 1.46 bits per heavy atom. The van der Waals surface area contributed by atoms with Crippen molar-refractivity contribution >= 4 is 0 Å². The Morgan fingerprint density at radius 1 is 1.00 bits per heavy atom. The molecule has 0 amide bonds. The zero-order valence-electron chi connectivity index (χ0n) is 9.32. The molecule has 0 atom stereocenters. The van der Waals surface area contributed by atoms with Gasteiger partial charge in [0.05, 0.1) is 5.56 Å².